The van der Waals surface area contributed by atoms with E-state index in [1.54, 1.807) is 23.9 Å². The van der Waals surface area contributed by atoms with Crippen molar-refractivity contribution in [2.24, 2.45) is 0 Å². The van der Waals surface area contributed by atoms with Gasteiger partial charge in [-0.15, -0.1) is 0 Å². The number of fused-ring (bicyclic) bond motifs is 2. The van der Waals surface area contributed by atoms with Gasteiger partial charge in [0.2, 0.25) is 5.91 Å². The minimum atomic E-state index is -5.13. The number of carbonyl (C=O) groups excluding carboxylic acids is 3. The molecule has 0 radical (unpaired) electrons. The second-order valence-corrected chi connectivity index (χ2v) is 17.4. The van der Waals surface area contributed by atoms with Crippen molar-refractivity contribution in [3.05, 3.63) is 106 Å². The molecular weight excluding hydrogens is 836 g/mol. The summed E-state index contributed by atoms with van der Waals surface area (Å²) >= 11 is 0. The molecule has 4 amide bonds. The van der Waals surface area contributed by atoms with E-state index in [0.29, 0.717) is 76.1 Å². The number of piperidine rings is 2. The number of halogens is 7. The van der Waals surface area contributed by atoms with Crippen LogP contribution in [0.3, 0.4) is 0 Å². The second kappa shape index (κ2) is 18.8. The van der Waals surface area contributed by atoms with Gasteiger partial charge in [-0.25, -0.2) is 9.18 Å². The van der Waals surface area contributed by atoms with Crippen LogP contribution in [-0.4, -0.2) is 128 Å². The molecule has 17 heteroatoms. The van der Waals surface area contributed by atoms with E-state index < -0.39 is 53.1 Å². The fraction of sp³-hybridized carbons (Fsp3) is 0.543. The van der Waals surface area contributed by atoms with Gasteiger partial charge in [0.25, 0.3) is 5.91 Å². The normalized spacial score (nSPS) is 21.4. The first kappa shape index (κ1) is 46.3. The van der Waals surface area contributed by atoms with Gasteiger partial charge < -0.3 is 34.0 Å². The van der Waals surface area contributed by atoms with Crippen molar-refractivity contribution in [2.45, 2.75) is 80.8 Å². The van der Waals surface area contributed by atoms with Gasteiger partial charge in [0.05, 0.1) is 23.8 Å². The number of hydrogen-bond donors (Lipinski definition) is 0. The number of nitrogens with zero attached hydrogens (tertiary/aromatic N) is 5. The maximum absolute atomic E-state index is 14.1. The number of likely N-dealkylation sites (N-methyl/N-ethyl adjacent to an activating group) is 1. The summed E-state index contributed by atoms with van der Waals surface area (Å²) in [6.45, 7) is 3.60. The molecular formula is C46H54F7N5O5. The van der Waals surface area contributed by atoms with Crippen LogP contribution < -0.4 is 0 Å². The molecule has 1 aliphatic carbocycles. The second-order valence-electron chi connectivity index (χ2n) is 17.4. The summed E-state index contributed by atoms with van der Waals surface area (Å²) in [5, 5.41) is 0. The van der Waals surface area contributed by atoms with Gasteiger partial charge in [-0.3, -0.25) is 9.59 Å². The molecule has 3 heterocycles. The molecule has 0 aromatic heterocycles. The molecule has 3 aliphatic heterocycles. The van der Waals surface area contributed by atoms with Crippen LogP contribution in [0.5, 0.6) is 0 Å². The summed E-state index contributed by atoms with van der Waals surface area (Å²) in [6, 6.07) is 14.5. The van der Waals surface area contributed by atoms with Crippen molar-refractivity contribution in [3.8, 4) is 0 Å². The smallest absolute Gasteiger partial charge is 0.367 e. The number of rotatable bonds is 12. The average molecular weight is 890 g/mol. The zero-order valence-electron chi connectivity index (χ0n) is 35.6. The molecule has 63 heavy (non-hydrogen) atoms. The third-order valence-electron chi connectivity index (χ3n) is 13.4. The van der Waals surface area contributed by atoms with Crippen LogP contribution >= 0.6 is 0 Å². The van der Waals surface area contributed by atoms with Crippen molar-refractivity contribution in [1.82, 2.24) is 24.5 Å². The van der Waals surface area contributed by atoms with Crippen LogP contribution in [0.1, 0.15) is 83.1 Å². The van der Waals surface area contributed by atoms with Gasteiger partial charge in [0.1, 0.15) is 24.8 Å². The zero-order chi connectivity index (χ0) is 45.2. The highest BCUT2D eigenvalue weighted by atomic mass is 19.4. The predicted octanol–water partition coefficient (Wildman–Crippen LogP) is 7.94. The molecule has 1 spiro atoms. The van der Waals surface area contributed by atoms with E-state index in [4.69, 9.17) is 9.47 Å². The number of hydrogen-bond acceptors (Lipinski definition) is 6. The van der Waals surface area contributed by atoms with Crippen LogP contribution in [-0.2, 0) is 44.1 Å². The van der Waals surface area contributed by atoms with Crippen molar-refractivity contribution in [1.29, 1.82) is 0 Å². The number of urea groups is 1. The SMILES string of the molecule is CN(CCCN(C)C(=O)N1CCCCC1)C(=O)CO[C@H]1Cc2ccccc2C12CCN(CC[C@@]1(c3ccc(F)cc3)CN(C(=O)c3cc(C(F)(F)F)cc(C(F)(F)F)c3)CO1)CC2. The van der Waals surface area contributed by atoms with E-state index in [1.165, 1.54) is 35.4 Å². The fourth-order valence-corrected chi connectivity index (χ4v) is 9.67. The van der Waals surface area contributed by atoms with Crippen molar-refractivity contribution in [3.63, 3.8) is 0 Å². The molecule has 2 atom stereocenters. The highest BCUT2D eigenvalue weighted by Crippen LogP contribution is 2.48. The highest BCUT2D eigenvalue weighted by molar-refractivity contribution is 5.95. The summed E-state index contributed by atoms with van der Waals surface area (Å²) in [7, 11) is 3.54. The lowest BCUT2D eigenvalue weighted by atomic mass is 9.72. The molecule has 4 aliphatic rings. The molecule has 3 saturated heterocycles. The standard InChI is InChI=1S/C46H54F7N5O5/c1-54(18-8-19-55(2)42(61)57-20-6-3-7-21-57)40(59)29-62-39-27-32-9-4-5-10-38(32)43(39)15-22-56(23-16-43)24-17-44(34-11-13-37(47)14-12-34)30-58(31-63-44)41(60)33-25-35(45(48,49)50)28-36(26-33)46(51,52)53/h4-5,9-14,25-26,28,39H,3,6-8,15-24,27,29-31H2,1-2H3/t39-,44-/m0/s1. The minimum absolute atomic E-state index is 0.0210. The Morgan fingerprint density at radius 1 is 0.810 bits per heavy atom. The third-order valence-corrected chi connectivity index (χ3v) is 13.4. The summed E-state index contributed by atoms with van der Waals surface area (Å²) in [6.07, 6.45) is -4.34. The van der Waals surface area contributed by atoms with Crippen molar-refractivity contribution < 1.29 is 54.6 Å². The third kappa shape index (κ3) is 10.3. The number of alkyl halides is 6. The van der Waals surface area contributed by atoms with Gasteiger partial charge >= 0.3 is 18.4 Å². The highest BCUT2D eigenvalue weighted by Gasteiger charge is 2.50. The van der Waals surface area contributed by atoms with Gasteiger partial charge in [-0.2, -0.15) is 26.3 Å². The van der Waals surface area contributed by atoms with Crippen LogP contribution in [0, 0.1) is 5.82 Å². The average Bonchev–Trinajstić information content (AvgIpc) is 3.84. The lowest BCUT2D eigenvalue weighted by Gasteiger charge is -2.44. The van der Waals surface area contributed by atoms with E-state index in [0.717, 1.165) is 37.3 Å². The molecule has 0 unspecified atom stereocenters. The van der Waals surface area contributed by atoms with E-state index in [2.05, 4.69) is 17.0 Å². The van der Waals surface area contributed by atoms with E-state index in [-0.39, 0.29) is 49.1 Å². The Balaban J connectivity index is 0.982. The monoisotopic (exact) mass is 889 g/mol. The lowest BCUT2D eigenvalue weighted by Crippen LogP contribution is -2.50. The summed E-state index contributed by atoms with van der Waals surface area (Å²) in [4.78, 5) is 48.3. The molecule has 342 valence electrons. The molecule has 0 N–H and O–H groups in total. The molecule has 10 nitrogen and oxygen atoms in total. The van der Waals surface area contributed by atoms with Gasteiger partial charge in [-0.1, -0.05) is 36.4 Å². The number of likely N-dealkylation sites (tertiary alicyclic amines) is 2. The van der Waals surface area contributed by atoms with Crippen molar-refractivity contribution in [2.75, 3.05) is 79.8 Å². The van der Waals surface area contributed by atoms with Gasteiger partial charge in [0.15, 0.2) is 0 Å². The van der Waals surface area contributed by atoms with Crippen LogP contribution in [0.25, 0.3) is 0 Å². The number of amides is 4. The maximum atomic E-state index is 14.1. The van der Waals surface area contributed by atoms with E-state index in [9.17, 15) is 45.1 Å². The summed E-state index contributed by atoms with van der Waals surface area (Å²) in [5.74, 6) is -1.72. The van der Waals surface area contributed by atoms with E-state index >= 15 is 0 Å². The molecule has 0 saturated carbocycles. The first-order chi connectivity index (χ1) is 29.9. The number of carbonyl (C=O) groups is 3. The molecule has 3 aromatic rings. The minimum Gasteiger partial charge on any atom is -0.367 e. The summed E-state index contributed by atoms with van der Waals surface area (Å²) < 4.78 is 109. The fourth-order valence-electron chi connectivity index (χ4n) is 9.67. The number of benzene rings is 3. The number of ether oxygens (including phenoxy) is 2. The molecule has 7 rings (SSSR count). The predicted molar refractivity (Wildman–Crippen MR) is 219 cm³/mol. The molecule has 3 aromatic carbocycles. The Labute approximate surface area is 362 Å². The Morgan fingerprint density at radius 2 is 1.44 bits per heavy atom. The Bertz CT molecular complexity index is 2070. The lowest BCUT2D eigenvalue weighted by molar-refractivity contribution is -0.143. The van der Waals surface area contributed by atoms with Crippen molar-refractivity contribution >= 4 is 17.8 Å². The van der Waals surface area contributed by atoms with Crippen LogP contribution in [0.4, 0.5) is 35.5 Å². The Morgan fingerprint density at radius 3 is 2.10 bits per heavy atom. The maximum Gasteiger partial charge on any atom is 0.416 e. The first-order valence-electron chi connectivity index (χ1n) is 21.5. The van der Waals surface area contributed by atoms with Gasteiger partial charge in [-0.05, 0) is 111 Å². The van der Waals surface area contributed by atoms with Crippen LogP contribution in [0.15, 0.2) is 66.7 Å². The van der Waals surface area contributed by atoms with E-state index in [1.807, 2.05) is 17.0 Å². The Hall–Kier alpha value is -4.74. The molecule has 0 bridgehead atoms. The largest absolute Gasteiger partial charge is 0.416 e. The summed E-state index contributed by atoms with van der Waals surface area (Å²) in [5.41, 5.74) is -2.68. The molecule has 3 fully saturated rings. The quantitative estimate of drug-likeness (QED) is 0.172. The zero-order valence-corrected chi connectivity index (χ0v) is 35.6. The Kier molecular flexibility index (Phi) is 13.8. The first-order valence-corrected chi connectivity index (χ1v) is 21.5. The van der Waals surface area contributed by atoms with Crippen LogP contribution in [0.2, 0.25) is 0 Å². The van der Waals surface area contributed by atoms with Gasteiger partial charge in [0, 0.05) is 57.8 Å². The topological polar surface area (TPSA) is 85.9 Å².